The van der Waals surface area contributed by atoms with Crippen molar-refractivity contribution in [2.75, 3.05) is 20.2 Å². The molecule has 1 fully saturated rings. The molecule has 3 heterocycles. The zero-order chi connectivity index (χ0) is 18.7. The van der Waals surface area contributed by atoms with Gasteiger partial charge in [0.1, 0.15) is 5.15 Å². The number of hydrogen-bond donors (Lipinski definition) is 0. The molecule has 0 amide bonds. The van der Waals surface area contributed by atoms with Crippen molar-refractivity contribution < 1.29 is 9.53 Å². The fraction of sp³-hybridized carbons (Fsp3) is 0.526. The predicted octanol–water partition coefficient (Wildman–Crippen LogP) is 2.88. The van der Waals surface area contributed by atoms with Crippen LogP contribution in [0.25, 0.3) is 0 Å². The van der Waals surface area contributed by atoms with Gasteiger partial charge in [0.25, 0.3) is 0 Å². The van der Waals surface area contributed by atoms with E-state index in [0.29, 0.717) is 11.5 Å². The number of methoxy groups -OCH3 is 1. The average Bonchev–Trinajstić information content (AvgIpc) is 3.20. The second kappa shape index (κ2) is 8.18. The monoisotopic (exact) mass is 376 g/mol. The summed E-state index contributed by atoms with van der Waals surface area (Å²) in [6, 6.07) is 1.88. The Morgan fingerprint density at radius 3 is 2.96 bits per heavy atom. The molecule has 0 saturated carbocycles. The minimum atomic E-state index is -0.342. The number of aromatic nitrogens is 3. The minimum absolute atomic E-state index is 0.342. The lowest BCUT2D eigenvalue weighted by atomic mass is 9.99. The lowest BCUT2D eigenvalue weighted by Crippen LogP contribution is -2.21. The highest BCUT2D eigenvalue weighted by molar-refractivity contribution is 6.30. The zero-order valence-corrected chi connectivity index (χ0v) is 16.3. The highest BCUT2D eigenvalue weighted by Gasteiger charge is 2.25. The van der Waals surface area contributed by atoms with Gasteiger partial charge in [0.15, 0.2) is 0 Å². The number of esters is 1. The number of rotatable bonds is 6. The zero-order valence-electron chi connectivity index (χ0n) is 15.5. The Bertz CT molecular complexity index is 790. The molecule has 1 saturated heterocycles. The van der Waals surface area contributed by atoms with Gasteiger partial charge in [0, 0.05) is 38.1 Å². The van der Waals surface area contributed by atoms with E-state index >= 15 is 0 Å². The van der Waals surface area contributed by atoms with Crippen molar-refractivity contribution in [1.82, 2.24) is 19.7 Å². The van der Waals surface area contributed by atoms with E-state index in [1.54, 1.807) is 10.9 Å². The highest BCUT2D eigenvalue weighted by Crippen LogP contribution is 2.26. The lowest BCUT2D eigenvalue weighted by Gasteiger charge is -2.16. The molecule has 6 nitrogen and oxygen atoms in total. The summed E-state index contributed by atoms with van der Waals surface area (Å²) in [5, 5.41) is 5.23. The Morgan fingerprint density at radius 1 is 1.42 bits per heavy atom. The summed E-state index contributed by atoms with van der Waals surface area (Å²) in [6.07, 6.45) is 6.31. The Morgan fingerprint density at radius 2 is 2.23 bits per heavy atom. The summed E-state index contributed by atoms with van der Waals surface area (Å²) in [6.45, 7) is 5.00. The van der Waals surface area contributed by atoms with Gasteiger partial charge < -0.3 is 4.74 Å². The molecule has 0 N–H and O–H groups in total. The molecule has 140 valence electrons. The summed E-state index contributed by atoms with van der Waals surface area (Å²) in [7, 11) is 3.27. The van der Waals surface area contributed by atoms with Crippen LogP contribution in [0.15, 0.2) is 18.5 Å². The maximum absolute atomic E-state index is 11.7. The summed E-state index contributed by atoms with van der Waals surface area (Å²) in [5.74, 6) is 0.205. The third-order valence-electron chi connectivity index (χ3n) is 4.98. The van der Waals surface area contributed by atoms with Crippen molar-refractivity contribution in [1.29, 1.82) is 0 Å². The maximum Gasteiger partial charge on any atom is 0.339 e. The number of carbonyl (C=O) groups excluding carboxylic acids is 1. The number of pyridine rings is 1. The van der Waals surface area contributed by atoms with Gasteiger partial charge in [-0.2, -0.15) is 5.10 Å². The van der Waals surface area contributed by atoms with Crippen molar-refractivity contribution in [3.8, 4) is 0 Å². The SMILES string of the molecule is CCc1nn(C)c(Cl)c1CN1CCC(Cc2cncc(C(=O)OC)c2)C1. The molecule has 0 radical (unpaired) electrons. The third-order valence-corrected chi connectivity index (χ3v) is 5.45. The number of nitrogens with zero attached hydrogens (tertiary/aromatic N) is 4. The van der Waals surface area contributed by atoms with E-state index in [2.05, 4.69) is 21.9 Å². The van der Waals surface area contributed by atoms with Gasteiger partial charge in [0.05, 0.1) is 18.4 Å². The molecule has 1 aliphatic rings. The molecule has 26 heavy (non-hydrogen) atoms. The number of hydrogen-bond acceptors (Lipinski definition) is 5. The fourth-order valence-corrected chi connectivity index (χ4v) is 3.86. The van der Waals surface area contributed by atoms with Gasteiger partial charge in [-0.1, -0.05) is 18.5 Å². The molecule has 3 rings (SSSR count). The molecular formula is C19H25ClN4O2. The van der Waals surface area contributed by atoms with Gasteiger partial charge in [-0.05, 0) is 43.4 Å². The van der Waals surface area contributed by atoms with Gasteiger partial charge in [-0.3, -0.25) is 14.6 Å². The van der Waals surface area contributed by atoms with Crippen molar-refractivity contribution in [3.05, 3.63) is 46.0 Å². The van der Waals surface area contributed by atoms with Crippen LogP contribution in [0.1, 0.15) is 40.5 Å². The van der Waals surface area contributed by atoms with Crippen molar-refractivity contribution >= 4 is 17.6 Å². The van der Waals surface area contributed by atoms with Gasteiger partial charge in [-0.25, -0.2) is 4.79 Å². The predicted molar refractivity (Wildman–Crippen MR) is 100 cm³/mol. The van der Waals surface area contributed by atoms with E-state index in [1.165, 1.54) is 7.11 Å². The first-order valence-electron chi connectivity index (χ1n) is 8.96. The quantitative estimate of drug-likeness (QED) is 0.725. The van der Waals surface area contributed by atoms with E-state index in [4.69, 9.17) is 16.3 Å². The van der Waals surface area contributed by atoms with Gasteiger partial charge in [-0.15, -0.1) is 0 Å². The molecule has 7 heteroatoms. The molecule has 2 aromatic rings. The van der Waals surface area contributed by atoms with Crippen LogP contribution < -0.4 is 0 Å². The van der Waals surface area contributed by atoms with Crippen LogP contribution in [0.3, 0.4) is 0 Å². The van der Waals surface area contributed by atoms with Gasteiger partial charge >= 0.3 is 5.97 Å². The molecule has 1 atom stereocenters. The fourth-order valence-electron chi connectivity index (χ4n) is 3.65. The highest BCUT2D eigenvalue weighted by atomic mass is 35.5. The maximum atomic E-state index is 11.7. The topological polar surface area (TPSA) is 60.2 Å². The lowest BCUT2D eigenvalue weighted by molar-refractivity contribution is 0.0600. The third kappa shape index (κ3) is 4.07. The van der Waals surface area contributed by atoms with Crippen LogP contribution in [0.4, 0.5) is 0 Å². The minimum Gasteiger partial charge on any atom is -0.465 e. The molecular weight excluding hydrogens is 352 g/mol. The molecule has 1 unspecified atom stereocenters. The van der Waals surface area contributed by atoms with Crippen LogP contribution in [0.2, 0.25) is 5.15 Å². The van der Waals surface area contributed by atoms with E-state index in [0.717, 1.165) is 60.9 Å². The van der Waals surface area contributed by atoms with Crippen LogP contribution >= 0.6 is 11.6 Å². The summed E-state index contributed by atoms with van der Waals surface area (Å²) in [4.78, 5) is 18.3. The first-order chi connectivity index (χ1) is 12.5. The summed E-state index contributed by atoms with van der Waals surface area (Å²) < 4.78 is 6.53. The van der Waals surface area contributed by atoms with Crippen LogP contribution in [0, 0.1) is 5.92 Å². The van der Waals surface area contributed by atoms with Crippen molar-refractivity contribution in [3.63, 3.8) is 0 Å². The van der Waals surface area contributed by atoms with Crippen LogP contribution in [-0.2, 0) is 31.2 Å². The molecule has 0 aromatic carbocycles. The van der Waals surface area contributed by atoms with Gasteiger partial charge in [0.2, 0.25) is 0 Å². The van der Waals surface area contributed by atoms with E-state index in [1.807, 2.05) is 19.3 Å². The van der Waals surface area contributed by atoms with Crippen molar-refractivity contribution in [2.24, 2.45) is 13.0 Å². The molecule has 0 bridgehead atoms. The van der Waals surface area contributed by atoms with Crippen molar-refractivity contribution in [2.45, 2.75) is 32.7 Å². The standard InChI is InChI=1S/C19H25ClN4O2/c1-4-17-16(18(20)23(2)22-17)12-24-6-5-13(11-24)7-14-8-15(10-21-9-14)19(25)26-3/h8-10,13H,4-7,11-12H2,1-3H3. The number of carbonyl (C=O) groups is 1. The Hall–Kier alpha value is -1.92. The molecule has 0 spiro atoms. The largest absolute Gasteiger partial charge is 0.465 e. The summed E-state index contributed by atoms with van der Waals surface area (Å²) >= 11 is 6.42. The Balaban J connectivity index is 1.62. The number of ether oxygens (including phenoxy) is 1. The average molecular weight is 377 g/mol. The molecule has 1 aliphatic heterocycles. The second-order valence-electron chi connectivity index (χ2n) is 6.86. The molecule has 0 aliphatic carbocycles. The van der Waals surface area contributed by atoms with E-state index in [9.17, 15) is 4.79 Å². The second-order valence-corrected chi connectivity index (χ2v) is 7.22. The number of halogens is 1. The van der Waals surface area contributed by atoms with Crippen LogP contribution in [-0.4, -0.2) is 45.8 Å². The smallest absolute Gasteiger partial charge is 0.339 e. The summed E-state index contributed by atoms with van der Waals surface area (Å²) in [5.41, 5.74) is 3.81. The Kier molecular flexibility index (Phi) is 5.94. The first kappa shape index (κ1) is 18.9. The molecule has 2 aromatic heterocycles. The number of aryl methyl sites for hydroxylation is 2. The number of likely N-dealkylation sites (tertiary alicyclic amines) is 1. The Labute approximate surface area is 159 Å². The van der Waals surface area contributed by atoms with E-state index < -0.39 is 0 Å². The normalized spacial score (nSPS) is 17.6. The first-order valence-corrected chi connectivity index (χ1v) is 9.34. The van der Waals surface area contributed by atoms with Crippen LogP contribution in [0.5, 0.6) is 0 Å². The van der Waals surface area contributed by atoms with E-state index in [-0.39, 0.29) is 5.97 Å².